The molecular formula is C10H14N6OS. The molecule has 3 rings (SSSR count). The number of hydrogen-bond acceptors (Lipinski definition) is 7. The summed E-state index contributed by atoms with van der Waals surface area (Å²) in [4.78, 5) is 0. The zero-order valence-electron chi connectivity index (χ0n) is 10.0. The Kier molecular flexibility index (Phi) is 2.94. The van der Waals surface area contributed by atoms with Crippen LogP contribution in [0.15, 0.2) is 9.57 Å². The second-order valence-corrected chi connectivity index (χ2v) is 5.16. The lowest BCUT2D eigenvalue weighted by Crippen LogP contribution is -2.13. The predicted molar refractivity (Wildman–Crippen MR) is 65.4 cm³/mol. The van der Waals surface area contributed by atoms with E-state index in [-0.39, 0.29) is 0 Å². The topological polar surface area (TPSA) is 95.7 Å². The number of aryl methyl sites for hydroxylation is 1. The molecule has 0 spiro atoms. The van der Waals surface area contributed by atoms with E-state index < -0.39 is 0 Å². The van der Waals surface area contributed by atoms with Crippen molar-refractivity contribution in [1.29, 1.82) is 0 Å². The standard InChI is InChI=1S/C10H14N6OS/c1-2-7-12-13-8(17-7)5-18-10-15-14-9(16(10)11)6-3-4-6/h6H,2-5,11H2,1H3. The molecule has 0 atom stereocenters. The van der Waals surface area contributed by atoms with Crippen molar-refractivity contribution in [3.63, 3.8) is 0 Å². The molecule has 1 aliphatic rings. The number of rotatable bonds is 5. The molecule has 1 aliphatic carbocycles. The lowest BCUT2D eigenvalue weighted by atomic mass is 10.4. The Hall–Kier alpha value is -1.57. The fraction of sp³-hybridized carbons (Fsp3) is 0.600. The van der Waals surface area contributed by atoms with Crippen LogP contribution in [0.25, 0.3) is 0 Å². The van der Waals surface area contributed by atoms with Gasteiger partial charge in [0.1, 0.15) is 0 Å². The summed E-state index contributed by atoms with van der Waals surface area (Å²) in [6.45, 7) is 1.98. The van der Waals surface area contributed by atoms with Crippen molar-refractivity contribution in [2.45, 2.75) is 43.0 Å². The van der Waals surface area contributed by atoms with Crippen LogP contribution in [-0.4, -0.2) is 25.1 Å². The second-order valence-electron chi connectivity index (χ2n) is 4.22. The maximum Gasteiger partial charge on any atom is 0.226 e. The molecule has 96 valence electrons. The normalized spacial score (nSPS) is 15.2. The molecule has 0 saturated heterocycles. The van der Waals surface area contributed by atoms with Gasteiger partial charge < -0.3 is 10.3 Å². The van der Waals surface area contributed by atoms with Crippen LogP contribution in [-0.2, 0) is 12.2 Å². The van der Waals surface area contributed by atoms with Gasteiger partial charge in [0, 0.05) is 12.3 Å². The Bertz CT molecular complexity index is 546. The minimum atomic E-state index is 0.493. The van der Waals surface area contributed by atoms with Gasteiger partial charge in [-0.3, -0.25) is 0 Å². The number of thioether (sulfide) groups is 1. The van der Waals surface area contributed by atoms with Crippen molar-refractivity contribution >= 4 is 11.8 Å². The number of nitrogens with zero attached hydrogens (tertiary/aromatic N) is 5. The lowest BCUT2D eigenvalue weighted by Gasteiger charge is -2.00. The molecule has 0 aromatic carbocycles. The maximum absolute atomic E-state index is 5.94. The minimum absolute atomic E-state index is 0.493. The highest BCUT2D eigenvalue weighted by Crippen LogP contribution is 2.39. The van der Waals surface area contributed by atoms with Gasteiger partial charge in [-0.2, -0.15) is 0 Å². The van der Waals surface area contributed by atoms with Crippen LogP contribution in [0.3, 0.4) is 0 Å². The molecule has 2 heterocycles. The van der Waals surface area contributed by atoms with Crippen molar-refractivity contribution < 1.29 is 4.42 Å². The van der Waals surface area contributed by atoms with Crippen LogP contribution in [0.1, 0.15) is 43.3 Å². The first kappa shape index (κ1) is 11.5. The highest BCUT2D eigenvalue weighted by molar-refractivity contribution is 7.98. The fourth-order valence-corrected chi connectivity index (χ4v) is 2.32. The zero-order chi connectivity index (χ0) is 12.5. The Morgan fingerprint density at radius 1 is 1.28 bits per heavy atom. The molecule has 0 unspecified atom stereocenters. The number of aromatic nitrogens is 5. The minimum Gasteiger partial charge on any atom is -0.424 e. The van der Waals surface area contributed by atoms with E-state index in [2.05, 4.69) is 20.4 Å². The van der Waals surface area contributed by atoms with Gasteiger partial charge in [-0.15, -0.1) is 20.4 Å². The van der Waals surface area contributed by atoms with E-state index in [0.29, 0.717) is 28.6 Å². The smallest absolute Gasteiger partial charge is 0.226 e. The van der Waals surface area contributed by atoms with Gasteiger partial charge in [-0.1, -0.05) is 18.7 Å². The van der Waals surface area contributed by atoms with Gasteiger partial charge in [0.25, 0.3) is 0 Å². The highest BCUT2D eigenvalue weighted by atomic mass is 32.2. The summed E-state index contributed by atoms with van der Waals surface area (Å²) in [5.74, 6) is 9.11. The molecule has 18 heavy (non-hydrogen) atoms. The number of hydrogen-bond donors (Lipinski definition) is 1. The molecular weight excluding hydrogens is 252 g/mol. The second kappa shape index (κ2) is 4.60. The van der Waals surface area contributed by atoms with E-state index in [1.807, 2.05) is 6.92 Å². The molecule has 7 nitrogen and oxygen atoms in total. The third-order valence-electron chi connectivity index (χ3n) is 2.77. The molecule has 0 radical (unpaired) electrons. The predicted octanol–water partition coefficient (Wildman–Crippen LogP) is 1.11. The molecule has 2 aromatic rings. The summed E-state index contributed by atoms with van der Waals surface area (Å²) >= 11 is 1.46. The summed E-state index contributed by atoms with van der Waals surface area (Å²) in [6.07, 6.45) is 3.06. The monoisotopic (exact) mass is 266 g/mol. The first-order valence-corrected chi connectivity index (χ1v) is 6.91. The van der Waals surface area contributed by atoms with Crippen LogP contribution in [0.5, 0.6) is 0 Å². The quantitative estimate of drug-likeness (QED) is 0.639. The Labute approximate surface area is 108 Å². The van der Waals surface area contributed by atoms with Gasteiger partial charge >= 0.3 is 0 Å². The fourth-order valence-electron chi connectivity index (χ4n) is 1.62. The zero-order valence-corrected chi connectivity index (χ0v) is 10.9. The van der Waals surface area contributed by atoms with E-state index in [4.69, 9.17) is 10.3 Å². The molecule has 0 amide bonds. The summed E-state index contributed by atoms with van der Waals surface area (Å²) in [6, 6.07) is 0. The van der Waals surface area contributed by atoms with Crippen LogP contribution < -0.4 is 5.84 Å². The first-order chi connectivity index (χ1) is 8.78. The van der Waals surface area contributed by atoms with Gasteiger partial charge in [0.2, 0.25) is 16.9 Å². The molecule has 2 N–H and O–H groups in total. The molecule has 2 aromatic heterocycles. The summed E-state index contributed by atoms with van der Waals surface area (Å²) in [5.41, 5.74) is 0. The van der Waals surface area contributed by atoms with Gasteiger partial charge in [-0.25, -0.2) is 4.68 Å². The van der Waals surface area contributed by atoms with Crippen molar-refractivity contribution in [2.24, 2.45) is 0 Å². The highest BCUT2D eigenvalue weighted by Gasteiger charge is 2.29. The van der Waals surface area contributed by atoms with Crippen molar-refractivity contribution in [3.8, 4) is 0 Å². The third kappa shape index (κ3) is 2.20. The first-order valence-electron chi connectivity index (χ1n) is 5.92. The lowest BCUT2D eigenvalue weighted by molar-refractivity contribution is 0.469. The Morgan fingerprint density at radius 3 is 2.72 bits per heavy atom. The molecule has 0 bridgehead atoms. The number of nitrogens with two attached hydrogens (primary N) is 1. The van der Waals surface area contributed by atoms with Crippen LogP contribution in [0, 0.1) is 0 Å². The van der Waals surface area contributed by atoms with Crippen molar-refractivity contribution in [1.82, 2.24) is 25.1 Å². The van der Waals surface area contributed by atoms with Gasteiger partial charge in [-0.05, 0) is 12.8 Å². The third-order valence-corrected chi connectivity index (χ3v) is 3.70. The SMILES string of the molecule is CCc1nnc(CSc2nnc(C3CC3)n2N)o1. The van der Waals surface area contributed by atoms with Gasteiger partial charge in [0.05, 0.1) is 5.75 Å². The van der Waals surface area contributed by atoms with E-state index >= 15 is 0 Å². The van der Waals surface area contributed by atoms with E-state index in [0.717, 1.165) is 25.1 Å². The summed E-state index contributed by atoms with van der Waals surface area (Å²) in [7, 11) is 0. The molecule has 1 fully saturated rings. The average molecular weight is 266 g/mol. The largest absolute Gasteiger partial charge is 0.424 e. The molecule has 1 saturated carbocycles. The average Bonchev–Trinajstić information content (AvgIpc) is 3.00. The maximum atomic E-state index is 5.94. The van der Waals surface area contributed by atoms with Crippen LogP contribution in [0.2, 0.25) is 0 Å². The number of nitrogen functional groups attached to an aromatic ring is 1. The summed E-state index contributed by atoms with van der Waals surface area (Å²) in [5, 5.41) is 16.7. The van der Waals surface area contributed by atoms with Crippen molar-refractivity contribution in [3.05, 3.63) is 17.6 Å². The molecule has 0 aliphatic heterocycles. The van der Waals surface area contributed by atoms with Crippen LogP contribution >= 0.6 is 11.8 Å². The van der Waals surface area contributed by atoms with Crippen LogP contribution in [0.4, 0.5) is 0 Å². The molecule has 8 heteroatoms. The van der Waals surface area contributed by atoms with E-state index in [1.54, 1.807) is 4.68 Å². The van der Waals surface area contributed by atoms with E-state index in [1.165, 1.54) is 11.8 Å². The van der Waals surface area contributed by atoms with Crippen molar-refractivity contribution in [2.75, 3.05) is 5.84 Å². The van der Waals surface area contributed by atoms with E-state index in [9.17, 15) is 0 Å². The van der Waals surface area contributed by atoms with Gasteiger partial charge in [0.15, 0.2) is 5.82 Å². The Balaban J connectivity index is 1.65. The Morgan fingerprint density at radius 2 is 2.06 bits per heavy atom. The summed E-state index contributed by atoms with van der Waals surface area (Å²) < 4.78 is 6.99.